The van der Waals surface area contributed by atoms with Crippen LogP contribution in [-0.2, 0) is 0 Å². The molecule has 0 radical (unpaired) electrons. The van der Waals surface area contributed by atoms with Crippen molar-refractivity contribution >= 4 is 0 Å². The van der Waals surface area contributed by atoms with Crippen molar-refractivity contribution in [3.05, 3.63) is 11.6 Å². The molecule has 7 heteroatoms. The van der Waals surface area contributed by atoms with E-state index in [9.17, 15) is 35.7 Å². The monoisotopic (exact) mass is 482 g/mol. The topological polar surface area (TPSA) is 142 Å². The van der Waals surface area contributed by atoms with E-state index in [1.54, 1.807) is 0 Å². The highest BCUT2D eigenvalue weighted by Gasteiger charge is 2.76. The molecule has 0 spiro atoms. The summed E-state index contributed by atoms with van der Waals surface area (Å²) in [5, 5.41) is 78.0. The fraction of sp³-hybridized carbons (Fsp3) is 0.926. The zero-order chi connectivity index (χ0) is 25.3. The minimum atomic E-state index is -2.07. The first-order valence-corrected chi connectivity index (χ1v) is 13.3. The van der Waals surface area contributed by atoms with E-state index in [1.807, 2.05) is 0 Å². The third-order valence-corrected chi connectivity index (χ3v) is 10.6. The van der Waals surface area contributed by atoms with Gasteiger partial charge in [0.1, 0.15) is 17.3 Å². The second kappa shape index (κ2) is 8.79. The molecule has 3 fully saturated rings. The highest BCUT2D eigenvalue weighted by molar-refractivity contribution is 5.43. The van der Waals surface area contributed by atoms with Crippen molar-refractivity contribution in [1.29, 1.82) is 0 Å². The van der Waals surface area contributed by atoms with Crippen LogP contribution >= 0.6 is 0 Å². The van der Waals surface area contributed by atoms with Gasteiger partial charge in [-0.1, -0.05) is 53.0 Å². The Bertz CT molecular complexity index is 800. The van der Waals surface area contributed by atoms with Crippen LogP contribution in [0.25, 0.3) is 0 Å². The minimum absolute atomic E-state index is 0.106. The summed E-state index contributed by atoms with van der Waals surface area (Å²) in [7, 11) is 0. The normalized spacial score (nSPS) is 51.5. The Labute approximate surface area is 203 Å². The first-order valence-electron chi connectivity index (χ1n) is 13.3. The van der Waals surface area contributed by atoms with Crippen LogP contribution in [0.3, 0.4) is 0 Å². The van der Waals surface area contributed by atoms with E-state index >= 15 is 0 Å². The Balaban J connectivity index is 1.73. The van der Waals surface area contributed by atoms with Gasteiger partial charge in [0.25, 0.3) is 0 Å². The Morgan fingerprint density at radius 2 is 1.59 bits per heavy atom. The molecule has 0 aliphatic heterocycles. The molecular weight excluding hydrogens is 436 g/mol. The summed E-state index contributed by atoms with van der Waals surface area (Å²) in [4.78, 5) is 0. The lowest BCUT2D eigenvalue weighted by Crippen LogP contribution is -2.79. The lowest BCUT2D eigenvalue weighted by atomic mass is 9.42. The smallest absolute Gasteiger partial charge is 0.123 e. The highest BCUT2D eigenvalue weighted by atomic mass is 16.4. The maximum Gasteiger partial charge on any atom is 0.123 e. The zero-order valence-electron chi connectivity index (χ0n) is 21.2. The van der Waals surface area contributed by atoms with E-state index in [2.05, 4.69) is 27.7 Å². The summed E-state index contributed by atoms with van der Waals surface area (Å²) in [6.45, 7) is 8.19. The van der Waals surface area contributed by atoms with Crippen molar-refractivity contribution < 1.29 is 35.7 Å². The van der Waals surface area contributed by atoms with Crippen LogP contribution < -0.4 is 0 Å². The number of hydrogen-bond donors (Lipinski definition) is 7. The Kier molecular flexibility index (Phi) is 6.86. The van der Waals surface area contributed by atoms with Gasteiger partial charge in [-0.2, -0.15) is 0 Å². The number of aliphatic hydroxyl groups is 7. The number of fused-ring (bicyclic) bond motifs is 5. The first-order chi connectivity index (χ1) is 15.8. The maximum atomic E-state index is 12.2. The second-order valence-electron chi connectivity index (χ2n) is 12.8. The molecule has 11 atom stereocenters. The molecule has 34 heavy (non-hydrogen) atoms. The fourth-order valence-corrected chi connectivity index (χ4v) is 8.75. The molecule has 0 aromatic carbocycles. The molecule has 4 rings (SSSR count). The molecule has 0 aromatic rings. The molecule has 0 amide bonds. The van der Waals surface area contributed by atoms with Gasteiger partial charge in [0.2, 0.25) is 0 Å². The lowest BCUT2D eigenvalue weighted by Gasteiger charge is -2.67. The third kappa shape index (κ3) is 3.41. The van der Waals surface area contributed by atoms with E-state index in [0.717, 1.165) is 25.7 Å². The van der Waals surface area contributed by atoms with Crippen LogP contribution in [0.4, 0.5) is 0 Å². The highest BCUT2D eigenvalue weighted by Crippen LogP contribution is 2.69. The average molecular weight is 483 g/mol. The molecule has 7 N–H and O–H groups in total. The molecule has 0 bridgehead atoms. The van der Waals surface area contributed by atoms with E-state index in [0.29, 0.717) is 29.7 Å². The summed E-state index contributed by atoms with van der Waals surface area (Å²) in [6, 6.07) is 0. The van der Waals surface area contributed by atoms with Crippen molar-refractivity contribution in [3.63, 3.8) is 0 Å². The number of rotatable bonds is 6. The van der Waals surface area contributed by atoms with Crippen molar-refractivity contribution in [2.75, 3.05) is 6.61 Å². The molecule has 4 aliphatic carbocycles. The van der Waals surface area contributed by atoms with Crippen LogP contribution in [0.15, 0.2) is 11.6 Å². The third-order valence-electron chi connectivity index (χ3n) is 10.6. The number of aliphatic hydroxyl groups excluding tert-OH is 5. The van der Waals surface area contributed by atoms with E-state index in [1.165, 1.54) is 12.5 Å². The van der Waals surface area contributed by atoms with E-state index < -0.39 is 54.1 Å². The summed E-state index contributed by atoms with van der Waals surface area (Å²) in [5.74, 6) is 1.37. The SMILES string of the molecule is CC(C)CCCC(C)[C@H]1CCC2C3=C[C@H](O)[C@]4(O)C[C@H](O)[C@@H](O)C[C@]4(CO)[C@@]3(O)[C@H](O)C[C@@]21C. The Hall–Kier alpha value is -0.540. The molecular formula is C27H46O7. The van der Waals surface area contributed by atoms with E-state index in [-0.39, 0.29) is 17.8 Å². The molecule has 4 aliphatic rings. The molecule has 3 saturated carbocycles. The zero-order valence-corrected chi connectivity index (χ0v) is 21.2. The van der Waals surface area contributed by atoms with Gasteiger partial charge < -0.3 is 35.7 Å². The van der Waals surface area contributed by atoms with Crippen LogP contribution in [-0.4, -0.2) is 78.0 Å². The van der Waals surface area contributed by atoms with Crippen molar-refractivity contribution in [2.45, 2.75) is 115 Å². The van der Waals surface area contributed by atoms with Gasteiger partial charge >= 0.3 is 0 Å². The van der Waals surface area contributed by atoms with Gasteiger partial charge in [0.05, 0.1) is 30.3 Å². The standard InChI is InChI=1S/C27H46O7/c1-15(2)6-5-7-16(3)17-8-9-18-19-10-22(31)26(33)12-21(30)20(29)11-25(26,14-28)27(19,34)23(32)13-24(17,18)4/h10,15-18,20-23,28-34H,5-9,11-14H2,1-4H3/t16?,17-,18?,20+,21+,22+,23-,24-,25-,26-,27+/m1/s1. The summed E-state index contributed by atoms with van der Waals surface area (Å²) < 4.78 is 0. The lowest BCUT2D eigenvalue weighted by molar-refractivity contribution is -0.311. The Morgan fingerprint density at radius 1 is 0.941 bits per heavy atom. The summed E-state index contributed by atoms with van der Waals surface area (Å²) in [6.07, 6.45) is 0.983. The van der Waals surface area contributed by atoms with Crippen LogP contribution in [0.2, 0.25) is 0 Å². The maximum absolute atomic E-state index is 12.2. The molecule has 0 aromatic heterocycles. The van der Waals surface area contributed by atoms with Crippen LogP contribution in [0.1, 0.15) is 79.1 Å². The predicted octanol–water partition coefficient (Wildman–Crippen LogP) is 1.50. The molecule has 0 heterocycles. The van der Waals surface area contributed by atoms with Gasteiger partial charge in [-0.05, 0) is 60.3 Å². The fourth-order valence-electron chi connectivity index (χ4n) is 8.75. The molecule has 0 saturated heterocycles. The van der Waals surface area contributed by atoms with Gasteiger partial charge in [-0.25, -0.2) is 0 Å². The van der Waals surface area contributed by atoms with Crippen LogP contribution in [0.5, 0.6) is 0 Å². The van der Waals surface area contributed by atoms with Crippen molar-refractivity contribution in [1.82, 2.24) is 0 Å². The van der Waals surface area contributed by atoms with Crippen LogP contribution in [0, 0.1) is 34.5 Å². The average Bonchev–Trinajstić information content (AvgIpc) is 3.09. The van der Waals surface area contributed by atoms with Gasteiger partial charge in [-0.15, -0.1) is 0 Å². The minimum Gasteiger partial charge on any atom is -0.396 e. The molecule has 7 nitrogen and oxygen atoms in total. The largest absolute Gasteiger partial charge is 0.396 e. The quantitative estimate of drug-likeness (QED) is 0.285. The van der Waals surface area contributed by atoms with E-state index in [4.69, 9.17) is 0 Å². The number of hydrogen-bond acceptors (Lipinski definition) is 7. The van der Waals surface area contributed by atoms with Gasteiger partial charge in [0, 0.05) is 6.42 Å². The second-order valence-corrected chi connectivity index (χ2v) is 12.8. The predicted molar refractivity (Wildman–Crippen MR) is 128 cm³/mol. The molecule has 196 valence electrons. The Morgan fingerprint density at radius 3 is 2.21 bits per heavy atom. The van der Waals surface area contributed by atoms with Gasteiger partial charge in [-0.3, -0.25) is 0 Å². The summed E-state index contributed by atoms with van der Waals surface area (Å²) >= 11 is 0. The van der Waals surface area contributed by atoms with Crippen molar-refractivity contribution in [2.24, 2.45) is 34.5 Å². The first kappa shape index (κ1) is 26.5. The van der Waals surface area contributed by atoms with Gasteiger partial charge in [0.15, 0.2) is 0 Å². The van der Waals surface area contributed by atoms with Crippen molar-refractivity contribution in [3.8, 4) is 0 Å². The summed E-state index contributed by atoms with van der Waals surface area (Å²) in [5.41, 5.74) is -5.66. The molecule has 2 unspecified atom stereocenters.